The van der Waals surface area contributed by atoms with Crippen molar-refractivity contribution in [2.45, 2.75) is 6.54 Å². The molecule has 6 heteroatoms. The van der Waals surface area contributed by atoms with E-state index in [1.807, 2.05) is 18.2 Å². The minimum atomic E-state index is 0.584. The van der Waals surface area contributed by atoms with Gasteiger partial charge in [-0.2, -0.15) is 5.26 Å². The van der Waals surface area contributed by atoms with Crippen molar-refractivity contribution in [2.75, 3.05) is 5.32 Å². The summed E-state index contributed by atoms with van der Waals surface area (Å²) < 4.78 is 0. The van der Waals surface area contributed by atoms with Gasteiger partial charge in [-0.05, 0) is 17.7 Å². The first-order valence-corrected chi connectivity index (χ1v) is 5.74. The minimum Gasteiger partial charge on any atom is -0.364 e. The van der Waals surface area contributed by atoms with Crippen LogP contribution in [-0.4, -0.2) is 19.9 Å². The summed E-state index contributed by atoms with van der Waals surface area (Å²) in [5.74, 6) is 0.699. The molecular weight excluding hydrogens is 240 g/mol. The third-order valence-corrected chi connectivity index (χ3v) is 2.74. The minimum absolute atomic E-state index is 0.584. The Balaban J connectivity index is 1.82. The van der Waals surface area contributed by atoms with Gasteiger partial charge in [0.05, 0.1) is 18.0 Å². The number of nitriles is 1. The van der Waals surface area contributed by atoms with E-state index in [2.05, 4.69) is 31.3 Å². The maximum absolute atomic E-state index is 8.86. The third kappa shape index (κ3) is 2.21. The Morgan fingerprint density at radius 2 is 2.21 bits per heavy atom. The maximum atomic E-state index is 8.86. The molecule has 0 saturated heterocycles. The van der Waals surface area contributed by atoms with E-state index in [0.717, 1.165) is 11.1 Å². The fraction of sp³-hybridized carbons (Fsp3) is 0.0769. The summed E-state index contributed by atoms with van der Waals surface area (Å²) in [4.78, 5) is 15.3. The van der Waals surface area contributed by atoms with Gasteiger partial charge in [0.1, 0.15) is 11.8 Å². The van der Waals surface area contributed by atoms with Gasteiger partial charge in [0.25, 0.3) is 0 Å². The molecule has 0 aliphatic rings. The zero-order valence-electron chi connectivity index (χ0n) is 9.96. The first-order valence-electron chi connectivity index (χ1n) is 5.74. The lowest BCUT2D eigenvalue weighted by Crippen LogP contribution is -2.02. The van der Waals surface area contributed by atoms with Gasteiger partial charge >= 0.3 is 0 Å². The van der Waals surface area contributed by atoms with Crippen molar-refractivity contribution in [3.05, 3.63) is 48.0 Å². The number of aromatic amines is 1. The number of benzene rings is 1. The number of aromatic nitrogens is 4. The summed E-state index contributed by atoms with van der Waals surface area (Å²) in [6, 6.07) is 9.57. The second-order valence-electron chi connectivity index (χ2n) is 3.99. The Hall–Kier alpha value is -2.94. The number of H-pyrrole nitrogens is 1. The van der Waals surface area contributed by atoms with Crippen molar-refractivity contribution in [3.63, 3.8) is 0 Å². The van der Waals surface area contributed by atoms with Crippen LogP contribution in [-0.2, 0) is 6.54 Å². The van der Waals surface area contributed by atoms with Gasteiger partial charge in [0.15, 0.2) is 11.5 Å². The number of imidazole rings is 1. The van der Waals surface area contributed by atoms with Gasteiger partial charge in [-0.15, -0.1) is 0 Å². The number of nitrogens with zero attached hydrogens (tertiary/aromatic N) is 4. The van der Waals surface area contributed by atoms with Crippen LogP contribution in [0.25, 0.3) is 11.2 Å². The molecule has 92 valence electrons. The largest absolute Gasteiger partial charge is 0.364 e. The highest BCUT2D eigenvalue weighted by Crippen LogP contribution is 2.15. The normalized spacial score (nSPS) is 10.3. The van der Waals surface area contributed by atoms with E-state index in [1.54, 1.807) is 12.4 Å². The number of rotatable bonds is 3. The molecule has 2 N–H and O–H groups in total. The molecule has 0 radical (unpaired) electrons. The Morgan fingerprint density at radius 3 is 3.11 bits per heavy atom. The highest BCUT2D eigenvalue weighted by atomic mass is 15.1. The fourth-order valence-corrected chi connectivity index (χ4v) is 1.84. The molecule has 0 fully saturated rings. The molecule has 0 atom stereocenters. The van der Waals surface area contributed by atoms with Crippen molar-refractivity contribution in [3.8, 4) is 6.07 Å². The predicted molar refractivity (Wildman–Crippen MR) is 70.2 cm³/mol. The molecule has 0 unspecified atom stereocenters. The Kier molecular flexibility index (Phi) is 2.79. The van der Waals surface area contributed by atoms with E-state index in [0.29, 0.717) is 23.6 Å². The van der Waals surface area contributed by atoms with Gasteiger partial charge in [-0.25, -0.2) is 15.0 Å². The summed E-state index contributed by atoms with van der Waals surface area (Å²) in [5.41, 5.74) is 3.07. The zero-order valence-corrected chi connectivity index (χ0v) is 9.96. The highest BCUT2D eigenvalue weighted by Gasteiger charge is 2.05. The van der Waals surface area contributed by atoms with Crippen LogP contribution in [0.1, 0.15) is 11.1 Å². The molecule has 0 aliphatic carbocycles. The molecule has 3 aromatic rings. The van der Waals surface area contributed by atoms with Crippen LogP contribution in [0.4, 0.5) is 5.82 Å². The van der Waals surface area contributed by atoms with Crippen LogP contribution in [0, 0.1) is 11.3 Å². The number of fused-ring (bicyclic) bond motifs is 1. The molecule has 0 spiro atoms. The second-order valence-corrected chi connectivity index (χ2v) is 3.99. The van der Waals surface area contributed by atoms with E-state index in [-0.39, 0.29) is 0 Å². The van der Waals surface area contributed by atoms with Crippen LogP contribution < -0.4 is 5.32 Å². The molecule has 0 amide bonds. The number of anilines is 1. The lowest BCUT2D eigenvalue weighted by atomic mass is 10.1. The molecule has 1 aromatic carbocycles. The first-order chi connectivity index (χ1) is 9.36. The van der Waals surface area contributed by atoms with Crippen molar-refractivity contribution < 1.29 is 0 Å². The van der Waals surface area contributed by atoms with E-state index in [4.69, 9.17) is 5.26 Å². The Bertz CT molecular complexity index is 755. The fourth-order valence-electron chi connectivity index (χ4n) is 1.84. The monoisotopic (exact) mass is 250 g/mol. The number of nitrogens with one attached hydrogen (secondary N) is 2. The zero-order chi connectivity index (χ0) is 13.1. The summed E-state index contributed by atoms with van der Waals surface area (Å²) in [5, 5.41) is 12.1. The average molecular weight is 250 g/mol. The molecule has 3 rings (SSSR count). The molecule has 0 aliphatic heterocycles. The quantitative estimate of drug-likeness (QED) is 0.740. The van der Waals surface area contributed by atoms with E-state index in [9.17, 15) is 0 Å². The number of hydrogen-bond donors (Lipinski definition) is 2. The third-order valence-electron chi connectivity index (χ3n) is 2.74. The van der Waals surface area contributed by atoms with Crippen LogP contribution in [0.2, 0.25) is 0 Å². The predicted octanol–water partition coefficient (Wildman–Crippen LogP) is 1.84. The van der Waals surface area contributed by atoms with E-state index >= 15 is 0 Å². The average Bonchev–Trinajstić information content (AvgIpc) is 2.94. The molecule has 2 aromatic heterocycles. The van der Waals surface area contributed by atoms with Crippen molar-refractivity contribution in [1.82, 2.24) is 19.9 Å². The molecular formula is C13H10N6. The lowest BCUT2D eigenvalue weighted by molar-refractivity contribution is 1.10. The smallest absolute Gasteiger partial charge is 0.182 e. The summed E-state index contributed by atoms with van der Waals surface area (Å²) >= 11 is 0. The maximum Gasteiger partial charge on any atom is 0.182 e. The van der Waals surface area contributed by atoms with Gasteiger partial charge in [0, 0.05) is 6.54 Å². The standard InChI is InChI=1S/C13H10N6/c14-5-9-2-1-3-10(4-9)6-15-12-11-13(17-7-16-11)19-8-18-12/h1-4,7-8H,6H2,(H2,15,16,17,18,19). The van der Waals surface area contributed by atoms with Gasteiger partial charge in [0.2, 0.25) is 0 Å². The molecule has 0 saturated carbocycles. The topological polar surface area (TPSA) is 90.3 Å². The van der Waals surface area contributed by atoms with Crippen LogP contribution in [0.15, 0.2) is 36.9 Å². The molecule has 2 heterocycles. The van der Waals surface area contributed by atoms with E-state index < -0.39 is 0 Å². The van der Waals surface area contributed by atoms with Crippen LogP contribution in [0.5, 0.6) is 0 Å². The van der Waals surface area contributed by atoms with Crippen molar-refractivity contribution >= 4 is 17.0 Å². The van der Waals surface area contributed by atoms with Gasteiger partial charge in [-0.3, -0.25) is 0 Å². The van der Waals surface area contributed by atoms with Crippen molar-refractivity contribution in [2.24, 2.45) is 0 Å². The summed E-state index contributed by atoms with van der Waals surface area (Å²) in [6.45, 7) is 0.584. The summed E-state index contributed by atoms with van der Waals surface area (Å²) in [7, 11) is 0. The second kappa shape index (κ2) is 4.74. The van der Waals surface area contributed by atoms with E-state index in [1.165, 1.54) is 6.33 Å². The Labute approximate surface area is 109 Å². The van der Waals surface area contributed by atoms with Crippen molar-refractivity contribution in [1.29, 1.82) is 5.26 Å². The van der Waals surface area contributed by atoms with Gasteiger partial charge in [-0.1, -0.05) is 12.1 Å². The molecule has 19 heavy (non-hydrogen) atoms. The Morgan fingerprint density at radius 1 is 1.26 bits per heavy atom. The van der Waals surface area contributed by atoms with Crippen LogP contribution >= 0.6 is 0 Å². The first kappa shape index (κ1) is 11.2. The lowest BCUT2D eigenvalue weighted by Gasteiger charge is -2.06. The SMILES string of the molecule is N#Cc1cccc(CNc2ncnc3nc[nH]c23)c1. The van der Waals surface area contributed by atoms with Crippen LogP contribution in [0.3, 0.4) is 0 Å². The van der Waals surface area contributed by atoms with Gasteiger partial charge < -0.3 is 10.3 Å². The summed E-state index contributed by atoms with van der Waals surface area (Å²) in [6.07, 6.45) is 3.05. The molecule has 6 nitrogen and oxygen atoms in total. The number of hydrogen-bond acceptors (Lipinski definition) is 5. The molecule has 0 bridgehead atoms. The highest BCUT2D eigenvalue weighted by molar-refractivity contribution is 5.81.